The summed E-state index contributed by atoms with van der Waals surface area (Å²) in [5.74, 6) is 1.36. The van der Waals surface area contributed by atoms with E-state index in [4.69, 9.17) is 4.74 Å². The molecular weight excluding hydrogens is 332 g/mol. The second-order valence-electron chi connectivity index (χ2n) is 6.43. The van der Waals surface area contributed by atoms with Crippen LogP contribution in [0.2, 0.25) is 0 Å². The number of nitrogens with zero attached hydrogens (tertiary/aromatic N) is 3. The third-order valence-corrected chi connectivity index (χ3v) is 4.74. The molecule has 1 saturated heterocycles. The summed E-state index contributed by atoms with van der Waals surface area (Å²) in [5, 5.41) is 2.96. The lowest BCUT2D eigenvalue weighted by molar-refractivity contribution is -0.124. The Bertz CT molecular complexity index is 787. The number of carbonyl (C=O) groups excluding carboxylic acids is 2. The van der Waals surface area contributed by atoms with Crippen LogP contribution >= 0.6 is 0 Å². The van der Waals surface area contributed by atoms with Gasteiger partial charge in [0.15, 0.2) is 0 Å². The van der Waals surface area contributed by atoms with Gasteiger partial charge in [0.25, 0.3) is 5.91 Å². The number of aromatic nitrogens is 2. The van der Waals surface area contributed by atoms with E-state index < -0.39 is 0 Å². The molecule has 138 valence electrons. The third-order valence-electron chi connectivity index (χ3n) is 4.74. The average molecular weight is 356 g/mol. The molecule has 7 heteroatoms. The smallest absolute Gasteiger partial charge is 0.254 e. The van der Waals surface area contributed by atoms with Crippen molar-refractivity contribution in [3.8, 4) is 5.75 Å². The molecule has 2 aromatic rings. The Morgan fingerprint density at radius 2 is 2.23 bits per heavy atom. The van der Waals surface area contributed by atoms with E-state index in [1.54, 1.807) is 42.5 Å². The van der Waals surface area contributed by atoms with Crippen molar-refractivity contribution in [2.45, 2.75) is 19.9 Å². The number of amides is 2. The molecule has 3 rings (SSSR count). The van der Waals surface area contributed by atoms with Crippen LogP contribution in [0.1, 0.15) is 22.6 Å². The normalized spacial score (nSPS) is 16.5. The van der Waals surface area contributed by atoms with Crippen LogP contribution in [0, 0.1) is 12.8 Å². The number of hydrogen-bond donors (Lipinski definition) is 1. The highest BCUT2D eigenvalue weighted by molar-refractivity contribution is 5.95. The fourth-order valence-corrected chi connectivity index (χ4v) is 3.18. The highest BCUT2D eigenvalue weighted by Crippen LogP contribution is 2.21. The minimum Gasteiger partial charge on any atom is -0.497 e. The molecule has 0 saturated carbocycles. The van der Waals surface area contributed by atoms with Gasteiger partial charge in [0.05, 0.1) is 13.0 Å². The summed E-state index contributed by atoms with van der Waals surface area (Å²) in [5.41, 5.74) is 0.584. The molecule has 0 spiro atoms. The zero-order valence-electron chi connectivity index (χ0n) is 15.1. The van der Waals surface area contributed by atoms with Crippen molar-refractivity contribution < 1.29 is 14.3 Å². The first-order valence-corrected chi connectivity index (χ1v) is 8.77. The number of nitrogens with one attached hydrogen (secondary N) is 1. The fraction of sp³-hybridized carbons (Fsp3) is 0.421. The number of benzene rings is 1. The van der Waals surface area contributed by atoms with E-state index in [9.17, 15) is 9.59 Å². The van der Waals surface area contributed by atoms with Crippen LogP contribution in [-0.4, -0.2) is 53.0 Å². The molecule has 1 fully saturated rings. The van der Waals surface area contributed by atoms with Crippen molar-refractivity contribution in [1.29, 1.82) is 0 Å². The van der Waals surface area contributed by atoms with E-state index >= 15 is 0 Å². The van der Waals surface area contributed by atoms with Crippen molar-refractivity contribution in [2.75, 3.05) is 26.7 Å². The first kappa shape index (κ1) is 18.0. The van der Waals surface area contributed by atoms with Gasteiger partial charge in [0.1, 0.15) is 11.6 Å². The Morgan fingerprint density at radius 1 is 1.38 bits per heavy atom. The van der Waals surface area contributed by atoms with E-state index in [-0.39, 0.29) is 17.7 Å². The summed E-state index contributed by atoms with van der Waals surface area (Å²) >= 11 is 0. The van der Waals surface area contributed by atoms with Crippen molar-refractivity contribution in [1.82, 2.24) is 19.8 Å². The largest absolute Gasteiger partial charge is 0.497 e. The molecule has 1 N–H and O–H groups in total. The highest BCUT2D eigenvalue weighted by atomic mass is 16.5. The molecule has 1 aliphatic heterocycles. The lowest BCUT2D eigenvalue weighted by atomic mass is 10.1. The standard InChI is InChI=1S/C19H24N4O3/c1-14-20-7-10-22(14)11-8-21-18(24)16-6-9-23(13-16)19(25)15-4-3-5-17(12-15)26-2/h3-5,7,10,12,16H,6,8-9,11,13H2,1-2H3,(H,21,24)/t16-/m1/s1. The fourth-order valence-electron chi connectivity index (χ4n) is 3.18. The zero-order chi connectivity index (χ0) is 18.5. The van der Waals surface area contributed by atoms with E-state index in [1.165, 1.54) is 0 Å². The minimum atomic E-state index is -0.159. The number of hydrogen-bond acceptors (Lipinski definition) is 4. The Morgan fingerprint density at radius 3 is 2.96 bits per heavy atom. The van der Waals surface area contributed by atoms with E-state index in [0.717, 1.165) is 5.82 Å². The van der Waals surface area contributed by atoms with Crippen LogP contribution in [0.4, 0.5) is 0 Å². The van der Waals surface area contributed by atoms with Gasteiger partial charge in [-0.05, 0) is 31.5 Å². The Balaban J connectivity index is 1.50. The molecule has 0 unspecified atom stereocenters. The van der Waals surface area contributed by atoms with Crippen molar-refractivity contribution in [3.63, 3.8) is 0 Å². The molecule has 2 heterocycles. The average Bonchev–Trinajstić information content (AvgIpc) is 3.31. The van der Waals surface area contributed by atoms with Crippen molar-refractivity contribution in [3.05, 3.63) is 48.0 Å². The number of carbonyl (C=O) groups is 2. The summed E-state index contributed by atoms with van der Waals surface area (Å²) in [7, 11) is 1.57. The van der Waals surface area contributed by atoms with Crippen LogP contribution in [0.25, 0.3) is 0 Å². The van der Waals surface area contributed by atoms with Crippen molar-refractivity contribution in [2.24, 2.45) is 5.92 Å². The van der Waals surface area contributed by atoms with Gasteiger partial charge in [0, 0.05) is 44.1 Å². The van der Waals surface area contributed by atoms with Gasteiger partial charge in [-0.15, -0.1) is 0 Å². The van der Waals surface area contributed by atoms with Crippen LogP contribution in [0.3, 0.4) is 0 Å². The monoisotopic (exact) mass is 356 g/mol. The minimum absolute atomic E-state index is 0.00344. The van der Waals surface area contributed by atoms with Crippen LogP contribution in [-0.2, 0) is 11.3 Å². The highest BCUT2D eigenvalue weighted by Gasteiger charge is 2.31. The van der Waals surface area contributed by atoms with Gasteiger partial charge in [-0.3, -0.25) is 9.59 Å². The van der Waals surface area contributed by atoms with Crippen LogP contribution < -0.4 is 10.1 Å². The van der Waals surface area contributed by atoms with Gasteiger partial charge in [-0.25, -0.2) is 4.98 Å². The summed E-state index contributed by atoms with van der Waals surface area (Å²) in [4.78, 5) is 30.9. The Labute approximate surface area is 153 Å². The van der Waals surface area contributed by atoms with E-state index in [0.29, 0.717) is 43.9 Å². The topological polar surface area (TPSA) is 76.5 Å². The molecule has 7 nitrogen and oxygen atoms in total. The first-order chi connectivity index (χ1) is 12.6. The molecule has 1 aromatic carbocycles. The molecule has 0 bridgehead atoms. The summed E-state index contributed by atoms with van der Waals surface area (Å²) in [6.07, 6.45) is 4.33. The lowest BCUT2D eigenvalue weighted by Gasteiger charge is -2.17. The summed E-state index contributed by atoms with van der Waals surface area (Å²) in [6, 6.07) is 7.10. The predicted molar refractivity (Wildman–Crippen MR) is 97.0 cm³/mol. The van der Waals surface area contributed by atoms with E-state index in [2.05, 4.69) is 10.3 Å². The maximum absolute atomic E-state index is 12.6. The maximum Gasteiger partial charge on any atom is 0.254 e. The zero-order valence-corrected chi connectivity index (χ0v) is 15.1. The first-order valence-electron chi connectivity index (χ1n) is 8.77. The number of aryl methyl sites for hydroxylation is 1. The Hall–Kier alpha value is -2.83. The van der Waals surface area contributed by atoms with Crippen molar-refractivity contribution >= 4 is 11.8 Å². The molecule has 0 radical (unpaired) electrons. The maximum atomic E-state index is 12.6. The molecule has 1 atom stereocenters. The second kappa shape index (κ2) is 8.03. The van der Waals surface area contributed by atoms with Gasteiger partial charge < -0.3 is 19.5 Å². The summed E-state index contributed by atoms with van der Waals surface area (Å²) in [6.45, 7) is 4.22. The quantitative estimate of drug-likeness (QED) is 0.851. The molecule has 1 aromatic heterocycles. The number of likely N-dealkylation sites (tertiary alicyclic amines) is 1. The number of rotatable bonds is 6. The van der Waals surface area contributed by atoms with Gasteiger partial charge >= 0.3 is 0 Å². The number of ether oxygens (including phenoxy) is 1. The molecule has 2 amide bonds. The van der Waals surface area contributed by atoms with E-state index in [1.807, 2.05) is 17.7 Å². The summed E-state index contributed by atoms with van der Waals surface area (Å²) < 4.78 is 7.16. The second-order valence-corrected chi connectivity index (χ2v) is 6.43. The van der Waals surface area contributed by atoms with Crippen LogP contribution in [0.5, 0.6) is 5.75 Å². The predicted octanol–water partition coefficient (Wildman–Crippen LogP) is 1.48. The lowest BCUT2D eigenvalue weighted by Crippen LogP contribution is -2.36. The third kappa shape index (κ3) is 4.04. The van der Waals surface area contributed by atoms with Gasteiger partial charge in [-0.2, -0.15) is 0 Å². The molecular formula is C19H24N4O3. The van der Waals surface area contributed by atoms with Gasteiger partial charge in [0.2, 0.25) is 5.91 Å². The molecule has 26 heavy (non-hydrogen) atoms. The van der Waals surface area contributed by atoms with Crippen LogP contribution in [0.15, 0.2) is 36.7 Å². The molecule has 1 aliphatic rings. The molecule has 0 aliphatic carbocycles. The van der Waals surface area contributed by atoms with Gasteiger partial charge in [-0.1, -0.05) is 6.07 Å². The number of methoxy groups -OCH3 is 1. The number of imidazole rings is 1. The SMILES string of the molecule is COc1cccc(C(=O)N2CC[C@@H](C(=O)NCCn3ccnc3C)C2)c1. The Kier molecular flexibility index (Phi) is 5.55.